The molecule has 0 bridgehead atoms. The number of hydrogen-bond donors (Lipinski definition) is 4. The highest BCUT2D eigenvalue weighted by atomic mass is 32.1. The number of likely N-dealkylation sites (tertiary alicyclic amines) is 2. The van der Waals surface area contributed by atoms with Gasteiger partial charge in [0.25, 0.3) is 11.8 Å². The molecule has 4 N–H and O–H groups in total. The molecule has 16 heteroatoms. The van der Waals surface area contributed by atoms with E-state index in [4.69, 9.17) is 19.4 Å². The molecule has 2 aliphatic heterocycles. The van der Waals surface area contributed by atoms with Crippen LogP contribution in [0.1, 0.15) is 95.2 Å². The van der Waals surface area contributed by atoms with Crippen molar-refractivity contribution in [2.24, 2.45) is 10.8 Å². The molecule has 2 saturated heterocycles. The zero-order valence-corrected chi connectivity index (χ0v) is 35.7. The highest BCUT2D eigenvalue weighted by Crippen LogP contribution is 2.59. The standard InChI is InChI=1S/C46H44N8O6S2/c1-59-43(57)51-37(35-5-3-19-61-35)41(55)53-25-45(15-16-45)22-33(53)39-47-24-32(50-39)29-12-9-27(10-13-29)7-8-28-11-14-30-31(21-28)49-40(48-30)34-23-46(17-18-46)26-54(34)42(56)38(52-44(58)60-2)36-6-4-20-62-36/h3-6,9-14,19-21,24,33-34,37-38H,15-18,22-23,25-26H2,1-2H3,(H,47,50)(H,48,49)(H,51,57)(H,52,58)/t33-,34-,37+,38+/m0/s1. The maximum Gasteiger partial charge on any atom is 0.407 e. The normalized spacial score (nSPS) is 20.1. The molecule has 0 unspecified atom stereocenters. The summed E-state index contributed by atoms with van der Waals surface area (Å²) in [5.41, 5.74) is 5.22. The Morgan fingerprint density at radius 1 is 0.742 bits per heavy atom. The molecule has 14 nitrogen and oxygen atoms in total. The van der Waals surface area contributed by atoms with E-state index in [0.29, 0.717) is 13.1 Å². The van der Waals surface area contributed by atoms with Crippen molar-refractivity contribution in [3.63, 3.8) is 0 Å². The number of aromatic nitrogens is 4. The van der Waals surface area contributed by atoms with Crippen LogP contribution in [0.4, 0.5) is 9.59 Å². The molecule has 2 saturated carbocycles. The SMILES string of the molecule is COC(=O)N[C@@H](C(=O)N1CC2(CC2)C[C@H]1c1ncc(-c2ccc(C#Cc3ccc4nc([C@@H]5CC6(CC6)CN5C(=O)[C@H](NC(=O)OC)c5cccs5)[nH]c4c3)cc2)[nH]1)c1cccs1. The fourth-order valence-corrected chi connectivity index (χ4v) is 10.6. The lowest BCUT2D eigenvalue weighted by molar-refractivity contribution is -0.135. The quantitative estimate of drug-likeness (QED) is 0.107. The van der Waals surface area contributed by atoms with E-state index in [-0.39, 0.29) is 34.7 Å². The van der Waals surface area contributed by atoms with Gasteiger partial charge in [0.15, 0.2) is 0 Å². The van der Waals surface area contributed by atoms with Crippen molar-refractivity contribution >= 4 is 57.7 Å². The van der Waals surface area contributed by atoms with E-state index in [1.165, 1.54) is 36.9 Å². The van der Waals surface area contributed by atoms with Crippen LogP contribution in [0.25, 0.3) is 22.3 Å². The molecule has 2 aromatic carbocycles. The van der Waals surface area contributed by atoms with Gasteiger partial charge in [0.05, 0.1) is 49.2 Å². The molecule has 2 spiro atoms. The van der Waals surface area contributed by atoms with E-state index in [0.717, 1.165) is 93.3 Å². The Hall–Kier alpha value is -6.44. The van der Waals surface area contributed by atoms with Crippen LogP contribution in [-0.2, 0) is 19.1 Å². The van der Waals surface area contributed by atoms with Crippen molar-refractivity contribution in [3.8, 4) is 23.1 Å². The third-order valence-electron chi connectivity index (χ3n) is 12.8. The summed E-state index contributed by atoms with van der Waals surface area (Å²) in [6.45, 7) is 1.23. The number of carbonyl (C=O) groups excluding carboxylic acids is 4. The second kappa shape index (κ2) is 15.8. The summed E-state index contributed by atoms with van der Waals surface area (Å²) in [4.78, 5) is 74.8. The molecule has 4 fully saturated rings. The van der Waals surface area contributed by atoms with E-state index < -0.39 is 24.3 Å². The zero-order chi connectivity index (χ0) is 42.6. The number of aromatic amines is 2. The summed E-state index contributed by atoms with van der Waals surface area (Å²) < 4.78 is 9.72. The lowest BCUT2D eigenvalue weighted by Crippen LogP contribution is -2.43. The van der Waals surface area contributed by atoms with Gasteiger partial charge in [-0.25, -0.2) is 19.6 Å². The van der Waals surface area contributed by atoms with Gasteiger partial charge < -0.3 is 39.9 Å². The Bertz CT molecular complexity index is 2720. The molecule has 62 heavy (non-hydrogen) atoms. The third kappa shape index (κ3) is 7.71. The molecule has 4 atom stereocenters. The Morgan fingerprint density at radius 2 is 1.29 bits per heavy atom. The second-order valence-corrected chi connectivity index (χ2v) is 18.9. The Kier molecular flexibility index (Phi) is 10.1. The van der Waals surface area contributed by atoms with Crippen molar-refractivity contribution in [3.05, 3.63) is 116 Å². The Morgan fingerprint density at radius 3 is 1.82 bits per heavy atom. The monoisotopic (exact) mass is 868 g/mol. The van der Waals surface area contributed by atoms with Gasteiger partial charge in [-0.2, -0.15) is 0 Å². The summed E-state index contributed by atoms with van der Waals surface area (Å²) in [6.07, 6.45) is 6.36. The number of carbonyl (C=O) groups is 4. The first kappa shape index (κ1) is 39.7. The average molecular weight is 869 g/mol. The largest absolute Gasteiger partial charge is 0.453 e. The number of benzene rings is 2. The Balaban J connectivity index is 0.837. The lowest BCUT2D eigenvalue weighted by atomic mass is 10.0. The summed E-state index contributed by atoms with van der Waals surface area (Å²) in [5, 5.41) is 9.28. The molecule has 2 aliphatic carbocycles. The number of hydrogen-bond acceptors (Lipinski definition) is 10. The maximum absolute atomic E-state index is 14.2. The molecule has 4 aromatic heterocycles. The Labute approximate surface area is 365 Å². The first-order valence-corrected chi connectivity index (χ1v) is 22.4. The number of fused-ring (bicyclic) bond motifs is 1. The molecule has 6 aromatic rings. The minimum Gasteiger partial charge on any atom is -0.453 e. The smallest absolute Gasteiger partial charge is 0.407 e. The van der Waals surface area contributed by atoms with Gasteiger partial charge >= 0.3 is 12.2 Å². The van der Waals surface area contributed by atoms with E-state index in [2.05, 4.69) is 32.4 Å². The van der Waals surface area contributed by atoms with E-state index in [9.17, 15) is 19.2 Å². The van der Waals surface area contributed by atoms with Crippen molar-refractivity contribution in [2.45, 2.75) is 62.7 Å². The molecule has 10 rings (SSSR count). The highest BCUT2D eigenvalue weighted by molar-refractivity contribution is 7.10. The highest BCUT2D eigenvalue weighted by Gasteiger charge is 2.56. The minimum atomic E-state index is -0.847. The van der Waals surface area contributed by atoms with Crippen LogP contribution in [0.3, 0.4) is 0 Å². The summed E-state index contributed by atoms with van der Waals surface area (Å²) in [7, 11) is 2.59. The number of rotatable bonds is 9. The first-order valence-electron chi connectivity index (χ1n) is 20.7. The number of amides is 4. The molecule has 4 aliphatic rings. The molecule has 4 amide bonds. The topological polar surface area (TPSA) is 175 Å². The van der Waals surface area contributed by atoms with Crippen molar-refractivity contribution < 1.29 is 28.7 Å². The van der Waals surface area contributed by atoms with E-state index in [1.807, 2.05) is 87.3 Å². The fourth-order valence-electron chi connectivity index (χ4n) is 9.04. The van der Waals surface area contributed by atoms with Gasteiger partial charge in [-0.1, -0.05) is 36.1 Å². The number of nitrogens with one attached hydrogen (secondary N) is 4. The third-order valence-corrected chi connectivity index (χ3v) is 14.7. The molecular formula is C46H44N8O6S2. The van der Waals surface area contributed by atoms with E-state index in [1.54, 1.807) is 6.20 Å². The van der Waals surface area contributed by atoms with Crippen molar-refractivity contribution in [2.75, 3.05) is 27.3 Å². The predicted octanol–water partition coefficient (Wildman–Crippen LogP) is 7.78. The molecule has 6 heterocycles. The van der Waals surface area contributed by atoms with Crippen LogP contribution in [0.2, 0.25) is 0 Å². The van der Waals surface area contributed by atoms with Crippen molar-refractivity contribution in [1.29, 1.82) is 0 Å². The number of methoxy groups -OCH3 is 2. The lowest BCUT2D eigenvalue weighted by Gasteiger charge is -2.27. The van der Waals surface area contributed by atoms with Crippen LogP contribution in [0.5, 0.6) is 0 Å². The van der Waals surface area contributed by atoms with Gasteiger partial charge in [0.1, 0.15) is 23.7 Å². The number of ether oxygens (including phenoxy) is 2. The average Bonchev–Trinajstić information content (AvgIpc) is 3.79. The summed E-state index contributed by atoms with van der Waals surface area (Å²) in [6, 6.07) is 19.1. The number of imidazole rings is 2. The van der Waals surface area contributed by atoms with Crippen molar-refractivity contribution in [1.82, 2.24) is 40.4 Å². The maximum atomic E-state index is 14.2. The summed E-state index contributed by atoms with van der Waals surface area (Å²) in [5.74, 6) is 7.68. The van der Waals surface area contributed by atoms with Gasteiger partial charge in [0, 0.05) is 34.0 Å². The van der Waals surface area contributed by atoms with Gasteiger partial charge in [-0.05, 0) is 108 Å². The second-order valence-electron chi connectivity index (χ2n) is 16.9. The van der Waals surface area contributed by atoms with Gasteiger partial charge in [-0.15, -0.1) is 22.7 Å². The minimum absolute atomic E-state index is 0.0768. The van der Waals surface area contributed by atoms with Crippen LogP contribution < -0.4 is 10.6 Å². The number of H-pyrrole nitrogens is 2. The van der Waals surface area contributed by atoms with Crippen LogP contribution >= 0.6 is 22.7 Å². The summed E-state index contributed by atoms with van der Waals surface area (Å²) >= 11 is 2.84. The number of nitrogens with zero attached hydrogens (tertiary/aromatic N) is 4. The van der Waals surface area contributed by atoms with Gasteiger partial charge in [-0.3, -0.25) is 9.59 Å². The van der Waals surface area contributed by atoms with Crippen LogP contribution in [0, 0.1) is 22.7 Å². The first-order chi connectivity index (χ1) is 30.1. The van der Waals surface area contributed by atoms with E-state index >= 15 is 0 Å². The zero-order valence-electron chi connectivity index (χ0n) is 34.1. The molecule has 0 radical (unpaired) electrons. The predicted molar refractivity (Wildman–Crippen MR) is 233 cm³/mol. The van der Waals surface area contributed by atoms with Gasteiger partial charge in [0.2, 0.25) is 0 Å². The fraction of sp³-hybridized carbons (Fsp3) is 0.348. The number of alkyl carbamates (subject to hydrolysis) is 2. The number of thiophene rings is 2. The van der Waals surface area contributed by atoms with Crippen LogP contribution in [-0.4, -0.2) is 81.0 Å². The molecular weight excluding hydrogens is 825 g/mol. The molecule has 316 valence electrons. The van der Waals surface area contributed by atoms with Crippen LogP contribution in [0.15, 0.2) is 83.7 Å².